The molecule has 0 fully saturated rings. The first-order valence-corrected chi connectivity index (χ1v) is 8.12. The van der Waals surface area contributed by atoms with E-state index in [9.17, 15) is 4.39 Å². The summed E-state index contributed by atoms with van der Waals surface area (Å²) in [5.74, 6) is -0.749. The molecule has 0 aliphatic rings. The zero-order valence-electron chi connectivity index (χ0n) is 11.6. The third-order valence-electron chi connectivity index (χ3n) is 2.70. The van der Waals surface area contributed by atoms with Crippen LogP contribution in [0.25, 0.3) is 0 Å². The second kappa shape index (κ2) is 7.35. The molecule has 128 valence electrons. The number of aromatic nitrogens is 6. The summed E-state index contributed by atoms with van der Waals surface area (Å²) in [7, 11) is 0. The van der Waals surface area contributed by atoms with Crippen molar-refractivity contribution >= 4 is 75.6 Å². The molecule has 0 spiro atoms. The van der Waals surface area contributed by atoms with Gasteiger partial charge in [-0.1, -0.05) is 11.6 Å². The zero-order valence-corrected chi connectivity index (χ0v) is 15.4. The molecule has 2 heterocycles. The SMILES string of the molecule is Fc1ccc(N(c2nc(Cl)nc(Cl)n2)c2nc(Cl)nc(Cl)n2)cc1Cl. The van der Waals surface area contributed by atoms with Crippen LogP contribution in [0, 0.1) is 5.82 Å². The lowest BCUT2D eigenvalue weighted by molar-refractivity contribution is 0.628. The topological polar surface area (TPSA) is 80.6 Å². The van der Waals surface area contributed by atoms with Crippen LogP contribution >= 0.6 is 58.0 Å². The number of hydrogen-bond acceptors (Lipinski definition) is 7. The Balaban J connectivity index is 2.25. The van der Waals surface area contributed by atoms with Gasteiger partial charge < -0.3 is 0 Å². The van der Waals surface area contributed by atoms with Gasteiger partial charge in [-0.25, -0.2) is 9.29 Å². The predicted octanol–water partition coefficient (Wildman–Crippen LogP) is 4.93. The van der Waals surface area contributed by atoms with Crippen molar-refractivity contribution in [1.29, 1.82) is 0 Å². The molecule has 3 rings (SSSR count). The average Bonchev–Trinajstić information content (AvgIpc) is 2.49. The Morgan fingerprint density at radius 3 is 1.52 bits per heavy atom. The smallest absolute Gasteiger partial charge is 0.242 e. The van der Waals surface area contributed by atoms with Gasteiger partial charge in [-0.15, -0.1) is 0 Å². The van der Waals surface area contributed by atoms with Crippen molar-refractivity contribution in [2.24, 2.45) is 0 Å². The van der Waals surface area contributed by atoms with Gasteiger partial charge in [0.05, 0.1) is 10.7 Å². The van der Waals surface area contributed by atoms with E-state index in [0.29, 0.717) is 5.69 Å². The van der Waals surface area contributed by atoms with Crippen molar-refractivity contribution in [3.63, 3.8) is 0 Å². The molecule has 0 atom stereocenters. The molecule has 0 amide bonds. The Morgan fingerprint density at radius 2 is 1.12 bits per heavy atom. The summed E-state index contributed by atoms with van der Waals surface area (Å²) in [6.07, 6.45) is 0. The number of rotatable bonds is 3. The molecular formula is C12H3Cl5FN7. The van der Waals surface area contributed by atoms with Gasteiger partial charge in [0.25, 0.3) is 0 Å². The third-order valence-corrected chi connectivity index (χ3v) is 3.67. The fraction of sp³-hybridized carbons (Fsp3) is 0. The van der Waals surface area contributed by atoms with E-state index in [-0.39, 0.29) is 38.1 Å². The maximum Gasteiger partial charge on any atom is 0.242 e. The molecular weight excluding hydrogens is 438 g/mol. The van der Waals surface area contributed by atoms with Gasteiger partial charge in [-0.2, -0.15) is 29.9 Å². The Morgan fingerprint density at radius 1 is 0.680 bits per heavy atom. The van der Waals surface area contributed by atoms with Crippen molar-refractivity contribution in [2.75, 3.05) is 4.90 Å². The van der Waals surface area contributed by atoms with Crippen LogP contribution in [-0.4, -0.2) is 29.9 Å². The summed E-state index contributed by atoms with van der Waals surface area (Å²) in [6, 6.07) is 3.83. The molecule has 2 aromatic heterocycles. The van der Waals surface area contributed by atoms with Crippen LogP contribution in [0.1, 0.15) is 0 Å². The molecule has 0 N–H and O–H groups in total. The summed E-state index contributed by atoms with van der Waals surface area (Å²) in [5.41, 5.74) is 0.295. The van der Waals surface area contributed by atoms with E-state index in [4.69, 9.17) is 58.0 Å². The number of benzene rings is 1. The highest BCUT2D eigenvalue weighted by molar-refractivity contribution is 6.32. The minimum Gasteiger partial charge on any atom is -0.246 e. The fourth-order valence-corrected chi connectivity index (χ4v) is 2.66. The molecule has 0 aliphatic heterocycles. The number of anilines is 3. The van der Waals surface area contributed by atoms with Gasteiger partial charge in [0, 0.05) is 0 Å². The molecule has 25 heavy (non-hydrogen) atoms. The molecule has 7 nitrogen and oxygen atoms in total. The van der Waals surface area contributed by atoms with Crippen LogP contribution in [0.5, 0.6) is 0 Å². The summed E-state index contributed by atoms with van der Waals surface area (Å²) in [5, 5.41) is -0.877. The van der Waals surface area contributed by atoms with E-state index in [1.807, 2.05) is 0 Å². The Labute approximate surface area is 164 Å². The summed E-state index contributed by atoms with van der Waals surface area (Å²) < 4.78 is 13.5. The molecule has 1 aromatic carbocycles. The number of halogens is 6. The van der Waals surface area contributed by atoms with Crippen LogP contribution in [-0.2, 0) is 0 Å². The molecule has 0 saturated heterocycles. The maximum absolute atomic E-state index is 13.5. The van der Waals surface area contributed by atoms with E-state index in [1.165, 1.54) is 17.0 Å². The van der Waals surface area contributed by atoms with Crippen LogP contribution in [0.15, 0.2) is 18.2 Å². The van der Waals surface area contributed by atoms with E-state index >= 15 is 0 Å². The lowest BCUT2D eigenvalue weighted by Crippen LogP contribution is -2.17. The van der Waals surface area contributed by atoms with Crippen LogP contribution in [0.3, 0.4) is 0 Å². The van der Waals surface area contributed by atoms with E-state index in [2.05, 4.69) is 29.9 Å². The van der Waals surface area contributed by atoms with Gasteiger partial charge in [-0.05, 0) is 64.6 Å². The minimum atomic E-state index is -0.621. The predicted molar refractivity (Wildman–Crippen MR) is 92.9 cm³/mol. The first-order valence-electron chi connectivity index (χ1n) is 6.23. The maximum atomic E-state index is 13.5. The van der Waals surface area contributed by atoms with Gasteiger partial charge >= 0.3 is 0 Å². The second-order valence-electron chi connectivity index (χ2n) is 4.28. The minimum absolute atomic E-state index is 0.0639. The van der Waals surface area contributed by atoms with Gasteiger partial charge in [-0.3, -0.25) is 0 Å². The van der Waals surface area contributed by atoms with E-state index in [1.54, 1.807) is 0 Å². The van der Waals surface area contributed by atoms with Crippen molar-refractivity contribution in [1.82, 2.24) is 29.9 Å². The molecule has 0 bridgehead atoms. The lowest BCUT2D eigenvalue weighted by Gasteiger charge is -2.21. The summed E-state index contributed by atoms with van der Waals surface area (Å²) >= 11 is 29.1. The van der Waals surface area contributed by atoms with Crippen molar-refractivity contribution in [2.45, 2.75) is 0 Å². The number of hydrogen-bond donors (Lipinski definition) is 0. The van der Waals surface area contributed by atoms with Gasteiger partial charge in [0.15, 0.2) is 0 Å². The third kappa shape index (κ3) is 4.16. The molecule has 13 heteroatoms. The van der Waals surface area contributed by atoms with Crippen LogP contribution in [0.4, 0.5) is 22.0 Å². The normalized spacial score (nSPS) is 10.8. The standard InChI is InChI=1S/C12H3Cl5FN7/c13-5-3-4(1-2-6(5)18)25(11-21-7(14)19-8(15)22-11)12-23-9(16)20-10(17)24-12/h1-3H. The highest BCUT2D eigenvalue weighted by Gasteiger charge is 2.22. The Hall–Kier alpha value is -1.58. The second-order valence-corrected chi connectivity index (χ2v) is 6.04. The van der Waals surface area contributed by atoms with Gasteiger partial charge in [0.1, 0.15) is 5.82 Å². The number of nitrogens with zero attached hydrogens (tertiary/aromatic N) is 7. The quantitative estimate of drug-likeness (QED) is 0.570. The molecule has 0 aliphatic carbocycles. The lowest BCUT2D eigenvalue weighted by atomic mass is 10.3. The first-order chi connectivity index (χ1) is 11.8. The zero-order chi connectivity index (χ0) is 18.1. The fourth-order valence-electron chi connectivity index (χ4n) is 1.78. The van der Waals surface area contributed by atoms with E-state index < -0.39 is 5.82 Å². The molecule has 3 aromatic rings. The van der Waals surface area contributed by atoms with Crippen molar-refractivity contribution in [3.05, 3.63) is 50.2 Å². The first kappa shape index (κ1) is 18.2. The largest absolute Gasteiger partial charge is 0.246 e. The molecule has 0 radical (unpaired) electrons. The molecule has 0 saturated carbocycles. The van der Waals surface area contributed by atoms with Crippen molar-refractivity contribution < 1.29 is 4.39 Å². The van der Waals surface area contributed by atoms with Crippen molar-refractivity contribution in [3.8, 4) is 0 Å². The molecule has 0 unspecified atom stereocenters. The van der Waals surface area contributed by atoms with E-state index in [0.717, 1.165) is 6.07 Å². The Bertz CT molecular complexity index is 865. The summed E-state index contributed by atoms with van der Waals surface area (Å²) in [6.45, 7) is 0. The summed E-state index contributed by atoms with van der Waals surface area (Å²) in [4.78, 5) is 24.4. The highest BCUT2D eigenvalue weighted by Crippen LogP contribution is 2.33. The van der Waals surface area contributed by atoms with Crippen LogP contribution in [0.2, 0.25) is 26.2 Å². The average molecular weight is 441 g/mol. The van der Waals surface area contributed by atoms with Gasteiger partial charge in [0.2, 0.25) is 33.0 Å². The Kier molecular flexibility index (Phi) is 5.35. The van der Waals surface area contributed by atoms with Crippen LogP contribution < -0.4 is 4.90 Å². The monoisotopic (exact) mass is 439 g/mol. The highest BCUT2D eigenvalue weighted by atomic mass is 35.5.